The van der Waals surface area contributed by atoms with Gasteiger partial charge in [-0.05, 0) is 53.0 Å². The van der Waals surface area contributed by atoms with Gasteiger partial charge in [-0.3, -0.25) is 0 Å². The molecule has 0 atom stereocenters. The highest BCUT2D eigenvalue weighted by Crippen LogP contribution is 2.10. The van der Waals surface area contributed by atoms with Crippen LogP contribution in [0.15, 0.2) is 47.1 Å². The van der Waals surface area contributed by atoms with Crippen LogP contribution >= 0.6 is 15.9 Å². The Hall–Kier alpha value is -1.79. The Bertz CT molecular complexity index is 581. The molecule has 0 saturated heterocycles. The minimum absolute atomic E-state index is 0.358. The van der Waals surface area contributed by atoms with E-state index >= 15 is 0 Å². The van der Waals surface area contributed by atoms with Crippen molar-refractivity contribution in [3.8, 4) is 17.6 Å². The van der Waals surface area contributed by atoms with Crippen LogP contribution in [0.1, 0.15) is 11.3 Å². The molecule has 0 aliphatic heterocycles. The summed E-state index contributed by atoms with van der Waals surface area (Å²) in [4.78, 5) is 4.22. The van der Waals surface area contributed by atoms with Gasteiger partial charge in [-0.15, -0.1) is 0 Å². The van der Waals surface area contributed by atoms with Crippen molar-refractivity contribution in [3.63, 3.8) is 0 Å². The zero-order valence-electron chi connectivity index (χ0n) is 9.98. The molecule has 0 fully saturated rings. The summed E-state index contributed by atoms with van der Waals surface area (Å²) in [6, 6.07) is 13.5. The van der Waals surface area contributed by atoms with E-state index in [4.69, 9.17) is 4.74 Å². The van der Waals surface area contributed by atoms with E-state index in [1.165, 1.54) is 5.56 Å². The average molecular weight is 302 g/mol. The number of benzene rings is 1. The lowest BCUT2D eigenvalue weighted by molar-refractivity contribution is 0.370. The van der Waals surface area contributed by atoms with Crippen LogP contribution in [-0.2, 0) is 0 Å². The number of pyridine rings is 1. The summed E-state index contributed by atoms with van der Waals surface area (Å²) in [5, 5.41) is 0. The third-order valence-electron chi connectivity index (χ3n) is 2.26. The molecule has 0 aliphatic rings. The quantitative estimate of drug-likeness (QED) is 0.625. The maximum atomic E-state index is 5.50. The highest BCUT2D eigenvalue weighted by Gasteiger charge is 1.91. The molecule has 1 aromatic carbocycles. The van der Waals surface area contributed by atoms with Crippen molar-refractivity contribution in [1.82, 2.24) is 4.98 Å². The van der Waals surface area contributed by atoms with E-state index < -0.39 is 0 Å². The van der Waals surface area contributed by atoms with Crippen LogP contribution in [0.4, 0.5) is 0 Å². The van der Waals surface area contributed by atoms with Crippen molar-refractivity contribution in [2.24, 2.45) is 0 Å². The molecule has 0 aliphatic carbocycles. The van der Waals surface area contributed by atoms with Gasteiger partial charge in [0.25, 0.3) is 0 Å². The Morgan fingerprint density at radius 3 is 2.67 bits per heavy atom. The smallest absolute Gasteiger partial charge is 0.149 e. The Balaban J connectivity index is 1.91. The topological polar surface area (TPSA) is 22.1 Å². The van der Waals surface area contributed by atoms with Gasteiger partial charge in [-0.2, -0.15) is 0 Å². The maximum Gasteiger partial charge on any atom is 0.149 e. The van der Waals surface area contributed by atoms with E-state index in [1.807, 2.05) is 49.4 Å². The van der Waals surface area contributed by atoms with Crippen LogP contribution in [0.2, 0.25) is 0 Å². The number of rotatable bonds is 2. The Morgan fingerprint density at radius 2 is 1.94 bits per heavy atom. The predicted molar refractivity (Wildman–Crippen MR) is 75.5 cm³/mol. The van der Waals surface area contributed by atoms with E-state index in [0.29, 0.717) is 6.61 Å². The summed E-state index contributed by atoms with van der Waals surface area (Å²) in [6.07, 6.45) is 0. The van der Waals surface area contributed by atoms with Crippen molar-refractivity contribution < 1.29 is 4.74 Å². The number of aryl methyl sites for hydroxylation is 1. The van der Waals surface area contributed by atoms with Crippen LogP contribution in [0.25, 0.3) is 0 Å². The summed E-state index contributed by atoms with van der Waals surface area (Å²) < 4.78 is 6.29. The summed E-state index contributed by atoms with van der Waals surface area (Å²) in [5.41, 5.74) is 1.95. The van der Waals surface area contributed by atoms with E-state index in [9.17, 15) is 0 Å². The van der Waals surface area contributed by atoms with Gasteiger partial charge >= 0.3 is 0 Å². The van der Waals surface area contributed by atoms with Gasteiger partial charge in [0.1, 0.15) is 22.7 Å². The van der Waals surface area contributed by atoms with Gasteiger partial charge < -0.3 is 4.74 Å². The molecule has 3 heteroatoms. The van der Waals surface area contributed by atoms with Gasteiger partial charge in [0, 0.05) is 0 Å². The molecule has 2 nitrogen and oxygen atoms in total. The van der Waals surface area contributed by atoms with Crippen LogP contribution in [-0.4, -0.2) is 11.6 Å². The van der Waals surface area contributed by atoms with Crippen molar-refractivity contribution >= 4 is 15.9 Å². The minimum atomic E-state index is 0.358. The predicted octanol–water partition coefficient (Wildman–Crippen LogP) is 3.58. The summed E-state index contributed by atoms with van der Waals surface area (Å²) >= 11 is 3.30. The molecule has 0 radical (unpaired) electrons. The molecule has 18 heavy (non-hydrogen) atoms. The Kier molecular flexibility index (Phi) is 4.38. The first kappa shape index (κ1) is 12.7. The van der Waals surface area contributed by atoms with Crippen molar-refractivity contribution in [1.29, 1.82) is 0 Å². The normalized spacial score (nSPS) is 9.44. The molecule has 0 bridgehead atoms. The van der Waals surface area contributed by atoms with Gasteiger partial charge in [-0.25, -0.2) is 4.98 Å². The molecular weight excluding hydrogens is 290 g/mol. The van der Waals surface area contributed by atoms with Crippen molar-refractivity contribution in [2.75, 3.05) is 6.61 Å². The van der Waals surface area contributed by atoms with E-state index in [-0.39, 0.29) is 0 Å². The molecule has 2 aromatic rings. The second-order valence-corrected chi connectivity index (χ2v) is 4.56. The SMILES string of the molecule is Cc1ccc(OCC#Cc2cccc(Br)n2)cc1. The van der Waals surface area contributed by atoms with E-state index in [2.05, 4.69) is 32.8 Å². The number of hydrogen-bond donors (Lipinski definition) is 0. The molecule has 0 unspecified atom stereocenters. The first-order valence-electron chi connectivity index (χ1n) is 5.55. The molecule has 0 amide bonds. The molecule has 2 rings (SSSR count). The monoisotopic (exact) mass is 301 g/mol. The molecule has 1 aromatic heterocycles. The van der Waals surface area contributed by atoms with Crippen LogP contribution in [0.3, 0.4) is 0 Å². The number of nitrogens with zero attached hydrogens (tertiary/aromatic N) is 1. The fraction of sp³-hybridized carbons (Fsp3) is 0.133. The number of ether oxygens (including phenoxy) is 1. The number of aromatic nitrogens is 1. The van der Waals surface area contributed by atoms with Crippen molar-refractivity contribution in [3.05, 3.63) is 58.3 Å². The molecule has 0 spiro atoms. The van der Waals surface area contributed by atoms with Crippen LogP contribution in [0.5, 0.6) is 5.75 Å². The first-order valence-corrected chi connectivity index (χ1v) is 6.34. The lowest BCUT2D eigenvalue weighted by Gasteiger charge is -2.01. The molecule has 0 saturated carbocycles. The maximum absolute atomic E-state index is 5.50. The summed E-state index contributed by atoms with van der Waals surface area (Å²) in [5.74, 6) is 6.72. The Labute approximate surface area is 115 Å². The fourth-order valence-electron chi connectivity index (χ4n) is 1.36. The van der Waals surface area contributed by atoms with E-state index in [0.717, 1.165) is 16.0 Å². The summed E-state index contributed by atoms with van der Waals surface area (Å²) in [7, 11) is 0. The van der Waals surface area contributed by atoms with E-state index in [1.54, 1.807) is 0 Å². The summed E-state index contributed by atoms with van der Waals surface area (Å²) in [6.45, 7) is 2.40. The molecule has 0 N–H and O–H groups in total. The highest BCUT2D eigenvalue weighted by atomic mass is 79.9. The average Bonchev–Trinajstić information content (AvgIpc) is 2.37. The lowest BCUT2D eigenvalue weighted by atomic mass is 10.2. The number of halogens is 1. The lowest BCUT2D eigenvalue weighted by Crippen LogP contribution is -1.94. The zero-order chi connectivity index (χ0) is 12.8. The largest absolute Gasteiger partial charge is 0.481 e. The first-order chi connectivity index (χ1) is 8.74. The molecular formula is C15H12BrNO. The molecule has 90 valence electrons. The second kappa shape index (κ2) is 6.23. The second-order valence-electron chi connectivity index (χ2n) is 3.75. The Morgan fingerprint density at radius 1 is 1.17 bits per heavy atom. The third kappa shape index (κ3) is 3.90. The standard InChI is InChI=1S/C15H12BrNO/c1-12-7-9-14(10-8-12)18-11-3-5-13-4-2-6-15(16)17-13/h2,4,6-10H,11H2,1H3. The third-order valence-corrected chi connectivity index (χ3v) is 2.71. The van der Waals surface area contributed by atoms with Gasteiger partial charge in [-0.1, -0.05) is 29.7 Å². The zero-order valence-corrected chi connectivity index (χ0v) is 11.6. The van der Waals surface area contributed by atoms with Crippen LogP contribution in [0, 0.1) is 18.8 Å². The van der Waals surface area contributed by atoms with Gasteiger partial charge in [0.15, 0.2) is 0 Å². The van der Waals surface area contributed by atoms with Crippen LogP contribution < -0.4 is 4.74 Å². The van der Waals surface area contributed by atoms with Gasteiger partial charge in [0.05, 0.1) is 0 Å². The highest BCUT2D eigenvalue weighted by molar-refractivity contribution is 9.10. The van der Waals surface area contributed by atoms with Crippen molar-refractivity contribution in [2.45, 2.75) is 6.92 Å². The van der Waals surface area contributed by atoms with Gasteiger partial charge in [0.2, 0.25) is 0 Å². The minimum Gasteiger partial charge on any atom is -0.481 e. The number of hydrogen-bond acceptors (Lipinski definition) is 2. The fourth-order valence-corrected chi connectivity index (χ4v) is 1.70. The molecule has 1 heterocycles.